The van der Waals surface area contributed by atoms with Crippen molar-refractivity contribution in [3.8, 4) is 0 Å². The zero-order valence-corrected chi connectivity index (χ0v) is 9.20. The summed E-state index contributed by atoms with van der Waals surface area (Å²) in [6.07, 6.45) is 2.06. The molecule has 2 aromatic rings. The number of fused-ring (bicyclic) bond motifs is 1. The molecule has 0 radical (unpaired) electrons. The van der Waals surface area contributed by atoms with Gasteiger partial charge in [0.15, 0.2) is 0 Å². The molecule has 0 bridgehead atoms. The van der Waals surface area contributed by atoms with Crippen molar-refractivity contribution in [1.82, 2.24) is 9.55 Å². The van der Waals surface area contributed by atoms with E-state index in [1.807, 2.05) is 7.05 Å². The molecule has 2 rings (SSSR count). The van der Waals surface area contributed by atoms with E-state index in [9.17, 15) is 0 Å². The van der Waals surface area contributed by atoms with Gasteiger partial charge in [0.1, 0.15) is 5.65 Å². The van der Waals surface area contributed by atoms with Crippen LogP contribution in [0.4, 0.5) is 0 Å². The number of pyridine rings is 1. The Bertz CT molecular complexity index is 466. The molecule has 0 saturated carbocycles. The lowest BCUT2D eigenvalue weighted by atomic mass is 10.0. The summed E-state index contributed by atoms with van der Waals surface area (Å²) < 4.78 is 2.06. The normalized spacial score (nSPS) is 11.5. The molecule has 14 heavy (non-hydrogen) atoms. The standard InChI is InChI=1S/C12H16N2/c1-8(2)11-7-10-5-6-14(4)12(10)13-9(11)3/h5-8H,1-4H3. The second kappa shape index (κ2) is 3.12. The van der Waals surface area contributed by atoms with Gasteiger partial charge in [0.25, 0.3) is 0 Å². The van der Waals surface area contributed by atoms with Crippen LogP contribution in [-0.4, -0.2) is 9.55 Å². The lowest BCUT2D eigenvalue weighted by molar-refractivity contribution is 0.843. The summed E-state index contributed by atoms with van der Waals surface area (Å²) in [4.78, 5) is 4.62. The van der Waals surface area contributed by atoms with Gasteiger partial charge in [0.05, 0.1) is 0 Å². The Hall–Kier alpha value is -1.31. The van der Waals surface area contributed by atoms with E-state index in [4.69, 9.17) is 0 Å². The second-order valence-corrected chi connectivity index (χ2v) is 4.16. The third-order valence-corrected chi connectivity index (χ3v) is 2.69. The molecule has 2 heteroatoms. The molecule has 0 amide bonds. The van der Waals surface area contributed by atoms with Crippen LogP contribution in [-0.2, 0) is 7.05 Å². The SMILES string of the molecule is Cc1nc2c(ccn2C)cc1C(C)C. The van der Waals surface area contributed by atoms with Crippen LogP contribution in [0, 0.1) is 6.92 Å². The van der Waals surface area contributed by atoms with Gasteiger partial charge >= 0.3 is 0 Å². The summed E-state index contributed by atoms with van der Waals surface area (Å²) in [5.41, 5.74) is 3.57. The molecule has 2 nitrogen and oxygen atoms in total. The van der Waals surface area contributed by atoms with Crippen molar-refractivity contribution in [3.05, 3.63) is 29.6 Å². The highest BCUT2D eigenvalue weighted by molar-refractivity contribution is 5.77. The van der Waals surface area contributed by atoms with E-state index in [-0.39, 0.29) is 0 Å². The minimum Gasteiger partial charge on any atom is -0.336 e. The van der Waals surface area contributed by atoms with E-state index in [0.717, 1.165) is 11.3 Å². The summed E-state index contributed by atoms with van der Waals surface area (Å²) >= 11 is 0. The Morgan fingerprint density at radius 1 is 1.36 bits per heavy atom. The molecule has 0 spiro atoms. The molecule has 74 valence electrons. The molecule has 2 aromatic heterocycles. The first kappa shape index (κ1) is 9.25. The highest BCUT2D eigenvalue weighted by Gasteiger charge is 2.08. The summed E-state index contributed by atoms with van der Waals surface area (Å²) in [5.74, 6) is 0.548. The van der Waals surface area contributed by atoms with E-state index >= 15 is 0 Å². The smallest absolute Gasteiger partial charge is 0.139 e. The number of hydrogen-bond donors (Lipinski definition) is 0. The molecule has 0 atom stereocenters. The molecule has 0 fully saturated rings. The molecule has 0 aromatic carbocycles. The van der Waals surface area contributed by atoms with Crippen molar-refractivity contribution in [2.45, 2.75) is 26.7 Å². The van der Waals surface area contributed by atoms with Crippen molar-refractivity contribution in [2.24, 2.45) is 7.05 Å². The van der Waals surface area contributed by atoms with Crippen molar-refractivity contribution in [2.75, 3.05) is 0 Å². The second-order valence-electron chi connectivity index (χ2n) is 4.16. The van der Waals surface area contributed by atoms with Crippen molar-refractivity contribution in [3.63, 3.8) is 0 Å². The van der Waals surface area contributed by atoms with Crippen LogP contribution in [0.5, 0.6) is 0 Å². The first-order valence-corrected chi connectivity index (χ1v) is 5.02. The number of rotatable bonds is 1. The topological polar surface area (TPSA) is 17.8 Å². The average molecular weight is 188 g/mol. The predicted molar refractivity (Wildman–Crippen MR) is 59.5 cm³/mol. The zero-order valence-electron chi connectivity index (χ0n) is 9.20. The number of aryl methyl sites for hydroxylation is 2. The van der Waals surface area contributed by atoms with Crippen LogP contribution < -0.4 is 0 Å². The first-order valence-electron chi connectivity index (χ1n) is 5.02. The Morgan fingerprint density at radius 3 is 2.71 bits per heavy atom. The van der Waals surface area contributed by atoms with E-state index < -0.39 is 0 Å². The Balaban J connectivity index is 2.72. The van der Waals surface area contributed by atoms with Crippen LogP contribution in [0.1, 0.15) is 31.0 Å². The van der Waals surface area contributed by atoms with Crippen molar-refractivity contribution < 1.29 is 0 Å². The van der Waals surface area contributed by atoms with E-state index in [1.165, 1.54) is 10.9 Å². The molecule has 2 heterocycles. The molecule has 0 saturated heterocycles. The third kappa shape index (κ3) is 1.31. The van der Waals surface area contributed by atoms with E-state index in [1.54, 1.807) is 0 Å². The highest BCUT2D eigenvalue weighted by atomic mass is 15.0. The van der Waals surface area contributed by atoms with Gasteiger partial charge in [-0.15, -0.1) is 0 Å². The minimum absolute atomic E-state index is 0.548. The lowest BCUT2D eigenvalue weighted by Crippen LogP contribution is -1.97. The van der Waals surface area contributed by atoms with Gasteiger partial charge in [-0.2, -0.15) is 0 Å². The van der Waals surface area contributed by atoms with Crippen molar-refractivity contribution in [1.29, 1.82) is 0 Å². The van der Waals surface area contributed by atoms with Crippen LogP contribution in [0.2, 0.25) is 0 Å². The first-order chi connectivity index (χ1) is 6.59. The number of aromatic nitrogens is 2. The molecule has 0 N–H and O–H groups in total. The fourth-order valence-corrected chi connectivity index (χ4v) is 1.88. The van der Waals surface area contributed by atoms with Crippen LogP contribution in [0.3, 0.4) is 0 Å². The van der Waals surface area contributed by atoms with Crippen LogP contribution in [0.15, 0.2) is 18.3 Å². The predicted octanol–water partition coefficient (Wildman–Crippen LogP) is 3.01. The van der Waals surface area contributed by atoms with Gasteiger partial charge in [-0.3, -0.25) is 0 Å². The van der Waals surface area contributed by atoms with Gasteiger partial charge in [0.2, 0.25) is 0 Å². The van der Waals surface area contributed by atoms with Gasteiger partial charge < -0.3 is 4.57 Å². The van der Waals surface area contributed by atoms with Gasteiger partial charge in [0, 0.05) is 24.3 Å². The zero-order chi connectivity index (χ0) is 10.3. The summed E-state index contributed by atoms with van der Waals surface area (Å²) in [6.45, 7) is 6.50. The van der Waals surface area contributed by atoms with E-state index in [0.29, 0.717) is 5.92 Å². The summed E-state index contributed by atoms with van der Waals surface area (Å²) in [5, 5.41) is 1.24. The summed E-state index contributed by atoms with van der Waals surface area (Å²) in [7, 11) is 2.03. The van der Waals surface area contributed by atoms with Crippen LogP contribution in [0.25, 0.3) is 11.0 Å². The molecule has 0 aliphatic carbocycles. The minimum atomic E-state index is 0.548. The molecule has 0 unspecified atom stereocenters. The monoisotopic (exact) mass is 188 g/mol. The molecular formula is C12H16N2. The highest BCUT2D eigenvalue weighted by Crippen LogP contribution is 2.22. The van der Waals surface area contributed by atoms with Gasteiger partial charge in [-0.25, -0.2) is 4.98 Å². The van der Waals surface area contributed by atoms with Crippen molar-refractivity contribution >= 4 is 11.0 Å². The number of hydrogen-bond acceptors (Lipinski definition) is 1. The molecular weight excluding hydrogens is 172 g/mol. The maximum absolute atomic E-state index is 4.62. The van der Waals surface area contributed by atoms with Gasteiger partial charge in [-0.05, 0) is 30.5 Å². The average Bonchev–Trinajstić information content (AvgIpc) is 2.46. The largest absolute Gasteiger partial charge is 0.336 e. The summed E-state index contributed by atoms with van der Waals surface area (Å²) in [6, 6.07) is 4.37. The quantitative estimate of drug-likeness (QED) is 0.672. The Kier molecular flexibility index (Phi) is 2.06. The molecule has 0 aliphatic rings. The fourth-order valence-electron chi connectivity index (χ4n) is 1.88. The van der Waals surface area contributed by atoms with Gasteiger partial charge in [-0.1, -0.05) is 13.8 Å². The Labute approximate surface area is 84.6 Å². The maximum Gasteiger partial charge on any atom is 0.139 e. The maximum atomic E-state index is 4.62. The van der Waals surface area contributed by atoms with Crippen LogP contribution >= 0.6 is 0 Å². The third-order valence-electron chi connectivity index (χ3n) is 2.69. The Morgan fingerprint density at radius 2 is 2.07 bits per heavy atom. The lowest BCUT2D eigenvalue weighted by Gasteiger charge is -2.09. The fraction of sp³-hybridized carbons (Fsp3) is 0.417. The molecule has 0 aliphatic heterocycles. The number of nitrogens with zero attached hydrogens (tertiary/aromatic N) is 2. The van der Waals surface area contributed by atoms with E-state index in [2.05, 4.69) is 48.7 Å².